The second kappa shape index (κ2) is 15.6. The molecule has 0 aromatic rings. The van der Waals surface area contributed by atoms with Gasteiger partial charge in [-0.05, 0) is 13.3 Å². The van der Waals surface area contributed by atoms with Crippen molar-refractivity contribution in [3.8, 4) is 0 Å². The summed E-state index contributed by atoms with van der Waals surface area (Å²) in [6, 6.07) is 0. The van der Waals surface area contributed by atoms with Crippen LogP contribution < -0.4 is 0 Å². The Morgan fingerprint density at radius 2 is 1.64 bits per heavy atom. The molecule has 1 aliphatic rings. The molecule has 5 heteroatoms. The van der Waals surface area contributed by atoms with Crippen LogP contribution in [0.4, 0.5) is 0 Å². The predicted molar refractivity (Wildman–Crippen MR) is 98.5 cm³/mol. The van der Waals surface area contributed by atoms with Crippen molar-refractivity contribution in [1.29, 1.82) is 0 Å². The molecular weight excluding hydrogens is 320 g/mol. The molecule has 148 valence electrons. The average molecular weight is 359 g/mol. The minimum atomic E-state index is -0.448. The van der Waals surface area contributed by atoms with E-state index in [0.29, 0.717) is 19.7 Å². The Morgan fingerprint density at radius 3 is 2.28 bits per heavy atom. The van der Waals surface area contributed by atoms with Crippen molar-refractivity contribution in [1.82, 2.24) is 0 Å². The fraction of sp³-hybridized carbons (Fsp3) is 0.950. The highest BCUT2D eigenvalue weighted by atomic mass is 16.7. The molecule has 1 fully saturated rings. The van der Waals surface area contributed by atoms with Crippen molar-refractivity contribution in [2.45, 2.75) is 103 Å². The Kier molecular flexibility index (Phi) is 14.0. The van der Waals surface area contributed by atoms with Gasteiger partial charge in [-0.1, -0.05) is 71.1 Å². The van der Waals surface area contributed by atoms with Gasteiger partial charge in [-0.3, -0.25) is 4.79 Å². The molecule has 0 aromatic carbocycles. The fourth-order valence-electron chi connectivity index (χ4n) is 3.07. The van der Waals surface area contributed by atoms with Crippen molar-refractivity contribution in [2.75, 3.05) is 19.8 Å². The Bertz CT molecular complexity index is 310. The van der Waals surface area contributed by atoms with Gasteiger partial charge in [-0.15, -0.1) is 0 Å². The number of hydrogen-bond acceptors (Lipinski definition) is 5. The molecule has 0 spiro atoms. The summed E-state index contributed by atoms with van der Waals surface area (Å²) in [6.07, 6.45) is 14.4. The molecule has 0 saturated carbocycles. The van der Waals surface area contributed by atoms with Gasteiger partial charge in [0.05, 0.1) is 19.3 Å². The summed E-state index contributed by atoms with van der Waals surface area (Å²) in [7, 11) is 0. The van der Waals surface area contributed by atoms with Crippen LogP contribution in [0.3, 0.4) is 0 Å². The van der Waals surface area contributed by atoms with Crippen LogP contribution in [0.1, 0.15) is 84.5 Å². The number of rotatable bonds is 17. The van der Waals surface area contributed by atoms with Crippen LogP contribution in [0.5, 0.6) is 0 Å². The number of unbranched alkanes of at least 4 members (excludes halogenated alkanes) is 9. The van der Waals surface area contributed by atoms with Gasteiger partial charge in [0.1, 0.15) is 12.7 Å². The number of hydrogen-bond donors (Lipinski definition) is 0. The quantitative estimate of drug-likeness (QED) is 0.280. The van der Waals surface area contributed by atoms with Gasteiger partial charge in [0, 0.05) is 0 Å². The standard InChI is InChI=1S/C20H38O5/c1-3-4-5-6-7-8-9-10-11-12-13-18(2)23-14-19-15-24-20(25-19)16-22-17-21/h17-20H,3-16H2,1-2H3. The van der Waals surface area contributed by atoms with E-state index in [2.05, 4.69) is 18.6 Å². The highest BCUT2D eigenvalue weighted by molar-refractivity contribution is 5.36. The predicted octanol–water partition coefficient (Wildman–Crippen LogP) is 4.62. The van der Waals surface area contributed by atoms with E-state index < -0.39 is 6.29 Å². The third-order valence-corrected chi connectivity index (χ3v) is 4.64. The summed E-state index contributed by atoms with van der Waals surface area (Å²) in [4.78, 5) is 10.1. The van der Waals surface area contributed by atoms with Gasteiger partial charge < -0.3 is 18.9 Å². The Morgan fingerprint density at radius 1 is 1.00 bits per heavy atom. The molecule has 0 amide bonds. The first-order valence-corrected chi connectivity index (χ1v) is 10.2. The van der Waals surface area contributed by atoms with E-state index >= 15 is 0 Å². The van der Waals surface area contributed by atoms with E-state index in [0.717, 1.165) is 6.42 Å². The molecule has 0 bridgehead atoms. The van der Waals surface area contributed by atoms with Gasteiger partial charge >= 0.3 is 0 Å². The molecule has 3 unspecified atom stereocenters. The lowest BCUT2D eigenvalue weighted by molar-refractivity contribution is -0.145. The molecule has 1 rings (SSSR count). The normalized spacial score (nSPS) is 21.4. The first-order valence-electron chi connectivity index (χ1n) is 10.2. The Labute approximate surface area is 153 Å². The van der Waals surface area contributed by atoms with Crippen molar-refractivity contribution in [3.05, 3.63) is 0 Å². The van der Waals surface area contributed by atoms with Crippen molar-refractivity contribution in [2.24, 2.45) is 0 Å². The van der Waals surface area contributed by atoms with E-state index in [4.69, 9.17) is 14.2 Å². The molecule has 5 nitrogen and oxygen atoms in total. The topological polar surface area (TPSA) is 54.0 Å². The molecule has 0 radical (unpaired) electrons. The van der Waals surface area contributed by atoms with Crippen LogP contribution in [0.2, 0.25) is 0 Å². The largest absolute Gasteiger partial charge is 0.462 e. The van der Waals surface area contributed by atoms with Crippen LogP contribution in [-0.2, 0) is 23.7 Å². The third kappa shape index (κ3) is 12.4. The maximum atomic E-state index is 10.1. The van der Waals surface area contributed by atoms with Crippen LogP contribution in [0, 0.1) is 0 Å². The Balaban J connectivity index is 1.86. The lowest BCUT2D eigenvalue weighted by atomic mass is 10.0. The fourth-order valence-corrected chi connectivity index (χ4v) is 3.07. The summed E-state index contributed by atoms with van der Waals surface area (Å²) >= 11 is 0. The molecule has 1 heterocycles. The van der Waals surface area contributed by atoms with Crippen molar-refractivity contribution < 1.29 is 23.7 Å². The van der Waals surface area contributed by atoms with Gasteiger partial charge in [0.2, 0.25) is 0 Å². The second-order valence-corrected chi connectivity index (χ2v) is 7.07. The van der Waals surface area contributed by atoms with E-state index in [1.165, 1.54) is 64.2 Å². The smallest absolute Gasteiger partial charge is 0.293 e. The summed E-state index contributed by atoms with van der Waals surface area (Å²) in [5, 5.41) is 0. The second-order valence-electron chi connectivity index (χ2n) is 7.07. The van der Waals surface area contributed by atoms with Gasteiger partial charge in [0.15, 0.2) is 6.29 Å². The van der Waals surface area contributed by atoms with E-state index in [1.807, 2.05) is 0 Å². The summed E-state index contributed by atoms with van der Waals surface area (Å²) in [6.45, 7) is 5.98. The molecule has 3 atom stereocenters. The van der Waals surface area contributed by atoms with Crippen LogP contribution in [0.25, 0.3) is 0 Å². The Hall–Kier alpha value is -0.650. The van der Waals surface area contributed by atoms with E-state index in [-0.39, 0.29) is 18.8 Å². The van der Waals surface area contributed by atoms with Crippen LogP contribution >= 0.6 is 0 Å². The van der Waals surface area contributed by atoms with E-state index in [1.54, 1.807) is 0 Å². The van der Waals surface area contributed by atoms with Crippen molar-refractivity contribution >= 4 is 6.47 Å². The van der Waals surface area contributed by atoms with Crippen LogP contribution in [0.15, 0.2) is 0 Å². The lowest BCUT2D eigenvalue weighted by Gasteiger charge is -2.16. The minimum absolute atomic E-state index is 0.0598. The molecule has 0 aliphatic carbocycles. The number of carbonyl (C=O) groups excluding carboxylic acids is 1. The minimum Gasteiger partial charge on any atom is -0.462 e. The third-order valence-electron chi connectivity index (χ3n) is 4.64. The highest BCUT2D eigenvalue weighted by Crippen LogP contribution is 2.15. The monoisotopic (exact) mass is 358 g/mol. The van der Waals surface area contributed by atoms with Gasteiger partial charge in [-0.2, -0.15) is 0 Å². The summed E-state index contributed by atoms with van der Waals surface area (Å²) in [5.41, 5.74) is 0. The van der Waals surface area contributed by atoms with Gasteiger partial charge in [-0.25, -0.2) is 0 Å². The molecule has 0 aromatic heterocycles. The zero-order valence-electron chi connectivity index (χ0n) is 16.3. The van der Waals surface area contributed by atoms with Gasteiger partial charge in [0.25, 0.3) is 6.47 Å². The summed E-state index contributed by atoms with van der Waals surface area (Å²) < 4.78 is 21.5. The summed E-state index contributed by atoms with van der Waals surface area (Å²) in [5.74, 6) is 0. The SMILES string of the molecule is CCCCCCCCCCCCC(C)OCC1COC(COC=O)O1. The number of ether oxygens (including phenoxy) is 4. The molecule has 1 saturated heterocycles. The highest BCUT2D eigenvalue weighted by Gasteiger charge is 2.26. The first-order chi connectivity index (χ1) is 12.3. The van der Waals surface area contributed by atoms with Crippen LogP contribution in [-0.4, -0.2) is 44.8 Å². The lowest BCUT2D eigenvalue weighted by Crippen LogP contribution is -2.23. The maximum Gasteiger partial charge on any atom is 0.293 e. The zero-order chi connectivity index (χ0) is 18.2. The molecule has 25 heavy (non-hydrogen) atoms. The maximum absolute atomic E-state index is 10.1. The van der Waals surface area contributed by atoms with E-state index in [9.17, 15) is 4.79 Å². The first kappa shape index (κ1) is 22.4. The molecular formula is C20H38O5. The molecule has 1 aliphatic heterocycles. The molecule has 0 N–H and O–H groups in total. The number of carbonyl (C=O) groups is 1. The van der Waals surface area contributed by atoms with Crippen molar-refractivity contribution in [3.63, 3.8) is 0 Å². The zero-order valence-corrected chi connectivity index (χ0v) is 16.3. The average Bonchev–Trinajstić information content (AvgIpc) is 3.07.